The topological polar surface area (TPSA) is 12.0 Å². The molecule has 0 amide bonds. The Morgan fingerprint density at radius 3 is 2.50 bits per heavy atom. The molecule has 1 saturated carbocycles. The Morgan fingerprint density at radius 2 is 1.90 bits per heavy atom. The minimum atomic E-state index is 0.542. The maximum absolute atomic E-state index is 3.81. The third-order valence-corrected chi connectivity index (χ3v) is 5.42. The Balaban J connectivity index is 2.18. The van der Waals surface area contributed by atoms with Crippen LogP contribution in [0.5, 0.6) is 0 Å². The number of halogens is 1. The van der Waals surface area contributed by atoms with Crippen molar-refractivity contribution in [1.29, 1.82) is 0 Å². The molecule has 112 valence electrons. The van der Waals surface area contributed by atoms with Gasteiger partial charge in [-0.25, -0.2) is 0 Å². The summed E-state index contributed by atoms with van der Waals surface area (Å²) < 4.78 is 1.22. The summed E-state index contributed by atoms with van der Waals surface area (Å²) in [7, 11) is 0. The second-order valence-corrected chi connectivity index (χ2v) is 7.05. The number of nitrogens with one attached hydrogen (secondary N) is 1. The number of benzene rings is 1. The number of hydrogen-bond acceptors (Lipinski definition) is 1. The standard InChI is InChI=1S/C18H28BrN/c1-3-12-20-18(15-8-6-4-5-7-9-15)16-10-11-17(19)14(2)13-16/h10-11,13,15,18,20H,3-9,12H2,1-2H3. The van der Waals surface area contributed by atoms with E-state index in [0.29, 0.717) is 6.04 Å². The van der Waals surface area contributed by atoms with Crippen molar-refractivity contribution in [3.05, 3.63) is 33.8 Å². The first-order valence-electron chi connectivity index (χ1n) is 8.21. The van der Waals surface area contributed by atoms with Crippen molar-refractivity contribution < 1.29 is 0 Å². The van der Waals surface area contributed by atoms with Crippen LogP contribution in [0, 0.1) is 12.8 Å². The van der Waals surface area contributed by atoms with Crippen LogP contribution in [0.25, 0.3) is 0 Å². The van der Waals surface area contributed by atoms with Gasteiger partial charge in [-0.2, -0.15) is 0 Å². The first-order valence-corrected chi connectivity index (χ1v) is 9.01. The van der Waals surface area contributed by atoms with E-state index in [-0.39, 0.29) is 0 Å². The van der Waals surface area contributed by atoms with E-state index in [9.17, 15) is 0 Å². The van der Waals surface area contributed by atoms with Gasteiger partial charge in [0.15, 0.2) is 0 Å². The highest BCUT2D eigenvalue weighted by atomic mass is 79.9. The first kappa shape index (κ1) is 16.0. The van der Waals surface area contributed by atoms with E-state index in [1.54, 1.807) is 0 Å². The van der Waals surface area contributed by atoms with Crippen molar-refractivity contribution in [3.63, 3.8) is 0 Å². The molecule has 2 rings (SSSR count). The second kappa shape index (κ2) is 8.19. The largest absolute Gasteiger partial charge is 0.310 e. The van der Waals surface area contributed by atoms with Gasteiger partial charge in [0, 0.05) is 10.5 Å². The third-order valence-electron chi connectivity index (χ3n) is 4.53. The van der Waals surface area contributed by atoms with E-state index in [1.165, 1.54) is 60.5 Å². The van der Waals surface area contributed by atoms with Gasteiger partial charge in [-0.15, -0.1) is 0 Å². The molecular weight excluding hydrogens is 310 g/mol. The van der Waals surface area contributed by atoms with Gasteiger partial charge in [-0.1, -0.05) is 60.7 Å². The molecule has 0 bridgehead atoms. The van der Waals surface area contributed by atoms with Gasteiger partial charge in [0.05, 0.1) is 0 Å². The van der Waals surface area contributed by atoms with Gasteiger partial charge in [0.1, 0.15) is 0 Å². The minimum Gasteiger partial charge on any atom is -0.310 e. The molecular formula is C18H28BrN. The molecule has 1 aromatic rings. The van der Waals surface area contributed by atoms with E-state index in [1.807, 2.05) is 0 Å². The number of rotatable bonds is 5. The van der Waals surface area contributed by atoms with Crippen LogP contribution >= 0.6 is 15.9 Å². The maximum Gasteiger partial charge on any atom is 0.0348 e. The zero-order valence-electron chi connectivity index (χ0n) is 12.9. The summed E-state index contributed by atoms with van der Waals surface area (Å²) in [6, 6.07) is 7.42. The zero-order chi connectivity index (χ0) is 14.4. The van der Waals surface area contributed by atoms with Crippen LogP contribution < -0.4 is 5.32 Å². The average molecular weight is 338 g/mol. The molecule has 20 heavy (non-hydrogen) atoms. The predicted molar refractivity (Wildman–Crippen MR) is 91.1 cm³/mol. The molecule has 1 atom stereocenters. The summed E-state index contributed by atoms with van der Waals surface area (Å²) in [5.74, 6) is 0.810. The van der Waals surface area contributed by atoms with Gasteiger partial charge in [-0.3, -0.25) is 0 Å². The molecule has 1 aliphatic rings. The first-order chi connectivity index (χ1) is 9.72. The van der Waals surface area contributed by atoms with Crippen molar-refractivity contribution >= 4 is 15.9 Å². The lowest BCUT2D eigenvalue weighted by Gasteiger charge is -2.28. The Labute approximate surface area is 132 Å². The molecule has 0 aromatic heterocycles. The van der Waals surface area contributed by atoms with E-state index < -0.39 is 0 Å². The molecule has 0 aliphatic heterocycles. The summed E-state index contributed by atoms with van der Waals surface area (Å²) >= 11 is 3.62. The Morgan fingerprint density at radius 1 is 1.20 bits per heavy atom. The molecule has 1 aliphatic carbocycles. The molecule has 0 spiro atoms. The van der Waals surface area contributed by atoms with Crippen molar-refractivity contribution in [2.24, 2.45) is 5.92 Å². The summed E-state index contributed by atoms with van der Waals surface area (Å²) in [5.41, 5.74) is 2.82. The SMILES string of the molecule is CCCNC(c1ccc(Br)c(C)c1)C1CCCCCC1. The van der Waals surface area contributed by atoms with Crippen molar-refractivity contribution in [3.8, 4) is 0 Å². The van der Waals surface area contributed by atoms with Gasteiger partial charge >= 0.3 is 0 Å². The van der Waals surface area contributed by atoms with Gasteiger partial charge in [0.25, 0.3) is 0 Å². The van der Waals surface area contributed by atoms with E-state index in [0.717, 1.165) is 12.5 Å². The highest BCUT2D eigenvalue weighted by Gasteiger charge is 2.23. The van der Waals surface area contributed by atoms with Crippen LogP contribution in [0.1, 0.15) is 69.0 Å². The molecule has 0 radical (unpaired) electrons. The highest BCUT2D eigenvalue weighted by molar-refractivity contribution is 9.10. The third kappa shape index (κ3) is 4.33. The molecule has 0 heterocycles. The van der Waals surface area contributed by atoms with Crippen molar-refractivity contribution in [1.82, 2.24) is 5.32 Å². The molecule has 1 N–H and O–H groups in total. The van der Waals surface area contributed by atoms with Gasteiger partial charge in [-0.05, 0) is 55.8 Å². The molecule has 1 unspecified atom stereocenters. The highest BCUT2D eigenvalue weighted by Crippen LogP contribution is 2.34. The molecule has 0 saturated heterocycles. The number of aryl methyl sites for hydroxylation is 1. The smallest absolute Gasteiger partial charge is 0.0348 e. The second-order valence-electron chi connectivity index (χ2n) is 6.19. The Hall–Kier alpha value is -0.340. The van der Waals surface area contributed by atoms with Gasteiger partial charge < -0.3 is 5.32 Å². The minimum absolute atomic E-state index is 0.542. The zero-order valence-corrected chi connectivity index (χ0v) is 14.5. The lowest BCUT2D eigenvalue weighted by Crippen LogP contribution is -2.29. The van der Waals surface area contributed by atoms with Crippen LogP contribution in [0.4, 0.5) is 0 Å². The maximum atomic E-state index is 3.81. The van der Waals surface area contributed by atoms with Crippen LogP contribution in [-0.4, -0.2) is 6.54 Å². The predicted octanol–water partition coefficient (Wildman–Crippen LogP) is 5.77. The normalized spacial score (nSPS) is 18.8. The summed E-state index contributed by atoms with van der Waals surface area (Å²) in [4.78, 5) is 0. The average Bonchev–Trinajstić information content (AvgIpc) is 2.72. The summed E-state index contributed by atoms with van der Waals surface area (Å²) in [5, 5.41) is 3.81. The van der Waals surface area contributed by atoms with E-state index >= 15 is 0 Å². The van der Waals surface area contributed by atoms with Crippen molar-refractivity contribution in [2.75, 3.05) is 6.54 Å². The Kier molecular flexibility index (Phi) is 6.57. The quantitative estimate of drug-likeness (QED) is 0.672. The monoisotopic (exact) mass is 337 g/mol. The van der Waals surface area contributed by atoms with Crippen LogP contribution in [0.3, 0.4) is 0 Å². The summed E-state index contributed by atoms with van der Waals surface area (Å²) in [6.07, 6.45) is 9.65. The fourth-order valence-electron chi connectivity index (χ4n) is 3.36. The molecule has 1 aromatic carbocycles. The number of hydrogen-bond donors (Lipinski definition) is 1. The van der Waals surface area contributed by atoms with E-state index in [4.69, 9.17) is 0 Å². The lowest BCUT2D eigenvalue weighted by atomic mass is 9.86. The fourth-order valence-corrected chi connectivity index (χ4v) is 3.61. The molecule has 1 nitrogen and oxygen atoms in total. The fraction of sp³-hybridized carbons (Fsp3) is 0.667. The van der Waals surface area contributed by atoms with Crippen LogP contribution in [-0.2, 0) is 0 Å². The van der Waals surface area contributed by atoms with Crippen molar-refractivity contribution in [2.45, 2.75) is 64.8 Å². The lowest BCUT2D eigenvalue weighted by molar-refractivity contribution is 0.325. The Bertz CT molecular complexity index is 408. The van der Waals surface area contributed by atoms with Crippen LogP contribution in [0.15, 0.2) is 22.7 Å². The molecule has 1 fully saturated rings. The van der Waals surface area contributed by atoms with Gasteiger partial charge in [0.2, 0.25) is 0 Å². The van der Waals surface area contributed by atoms with Crippen LogP contribution in [0.2, 0.25) is 0 Å². The molecule has 2 heteroatoms. The summed E-state index contributed by atoms with van der Waals surface area (Å²) in [6.45, 7) is 5.57. The van der Waals surface area contributed by atoms with E-state index in [2.05, 4.69) is 53.3 Å².